The van der Waals surface area contributed by atoms with Gasteiger partial charge in [-0.05, 0) is 51.7 Å². The van der Waals surface area contributed by atoms with Crippen LogP contribution < -0.4 is 4.72 Å². The lowest BCUT2D eigenvalue weighted by atomic mass is 9.94. The number of rotatable bonds is 6. The minimum absolute atomic E-state index is 0.0978. The van der Waals surface area contributed by atoms with Crippen LogP contribution in [-0.2, 0) is 24.4 Å². The van der Waals surface area contributed by atoms with Crippen molar-refractivity contribution in [3.05, 3.63) is 29.8 Å². The van der Waals surface area contributed by atoms with Crippen LogP contribution in [-0.4, -0.2) is 72.8 Å². The minimum Gasteiger partial charge on any atom is -0.480 e. The third kappa shape index (κ3) is 5.24. The number of aryl methyl sites for hydroxylation is 1. The average molecular weight is 452 g/mol. The van der Waals surface area contributed by atoms with E-state index in [0.29, 0.717) is 45.3 Å². The topological polar surface area (TPSA) is 124 Å². The summed E-state index contributed by atoms with van der Waals surface area (Å²) in [6, 6.07) is 4.68. The van der Waals surface area contributed by atoms with E-state index in [1.54, 1.807) is 17.0 Å². The molecule has 2 heterocycles. The number of benzene rings is 1. The standard InChI is InChI=1S/C21H29N3O6S/c1-14-5-7-17(8-6-14)31(29,30)22-15(2)19(25)23-12-9-16(10-13-23)20(26)24-11-3-4-18(24)21(27)28/h5-8,15-16,18,22H,3-4,9-13H2,1-2H3,(H,27,28)/t15-,18-/m0/s1. The second kappa shape index (κ2) is 9.35. The fourth-order valence-electron chi connectivity index (χ4n) is 4.21. The largest absolute Gasteiger partial charge is 0.480 e. The van der Waals surface area contributed by atoms with Crippen molar-refractivity contribution in [1.82, 2.24) is 14.5 Å². The number of hydrogen-bond donors (Lipinski definition) is 2. The highest BCUT2D eigenvalue weighted by molar-refractivity contribution is 7.89. The second-order valence-electron chi connectivity index (χ2n) is 8.28. The SMILES string of the molecule is Cc1ccc(S(=O)(=O)N[C@@H](C)C(=O)N2CCC(C(=O)N3CCC[C@H]3C(=O)O)CC2)cc1. The van der Waals surface area contributed by atoms with Crippen LogP contribution in [0.15, 0.2) is 29.2 Å². The first kappa shape index (κ1) is 23.2. The molecule has 170 valence electrons. The van der Waals surface area contributed by atoms with Gasteiger partial charge < -0.3 is 14.9 Å². The predicted molar refractivity (Wildman–Crippen MR) is 113 cm³/mol. The summed E-state index contributed by atoms with van der Waals surface area (Å²) in [5.41, 5.74) is 0.934. The first-order valence-corrected chi connectivity index (χ1v) is 12.0. The number of aliphatic carboxylic acids is 1. The molecule has 0 radical (unpaired) electrons. The molecular formula is C21H29N3O6S. The Balaban J connectivity index is 1.55. The fourth-order valence-corrected chi connectivity index (χ4v) is 5.41. The normalized spacial score (nSPS) is 21.2. The average Bonchev–Trinajstić information content (AvgIpc) is 3.23. The van der Waals surface area contributed by atoms with Crippen molar-refractivity contribution in [3.63, 3.8) is 0 Å². The van der Waals surface area contributed by atoms with E-state index < -0.39 is 28.1 Å². The molecule has 1 aromatic rings. The Morgan fingerprint density at radius 2 is 1.68 bits per heavy atom. The number of amides is 2. The molecule has 2 aliphatic rings. The van der Waals surface area contributed by atoms with E-state index in [0.717, 1.165) is 5.56 Å². The number of sulfonamides is 1. The Labute approximate surface area is 182 Å². The van der Waals surface area contributed by atoms with Gasteiger partial charge in [0.05, 0.1) is 10.9 Å². The third-order valence-electron chi connectivity index (χ3n) is 6.01. The van der Waals surface area contributed by atoms with Crippen LogP contribution in [0.4, 0.5) is 0 Å². The molecule has 10 heteroatoms. The summed E-state index contributed by atoms with van der Waals surface area (Å²) in [6.07, 6.45) is 2.02. The molecule has 0 saturated carbocycles. The van der Waals surface area contributed by atoms with Crippen LogP contribution in [0.5, 0.6) is 0 Å². The van der Waals surface area contributed by atoms with Crippen molar-refractivity contribution in [3.8, 4) is 0 Å². The van der Waals surface area contributed by atoms with Crippen molar-refractivity contribution in [2.24, 2.45) is 5.92 Å². The highest BCUT2D eigenvalue weighted by Gasteiger charge is 2.39. The van der Waals surface area contributed by atoms with Gasteiger partial charge in [-0.25, -0.2) is 13.2 Å². The number of nitrogens with zero attached hydrogens (tertiary/aromatic N) is 2. The van der Waals surface area contributed by atoms with Crippen molar-refractivity contribution in [2.45, 2.75) is 56.5 Å². The Morgan fingerprint density at radius 1 is 1.06 bits per heavy atom. The first-order chi connectivity index (χ1) is 14.6. The molecule has 2 atom stereocenters. The first-order valence-electron chi connectivity index (χ1n) is 10.5. The molecule has 0 aromatic heterocycles. The summed E-state index contributed by atoms with van der Waals surface area (Å²) in [5, 5.41) is 9.29. The lowest BCUT2D eigenvalue weighted by Gasteiger charge is -2.35. The van der Waals surface area contributed by atoms with Crippen LogP contribution in [0.1, 0.15) is 38.2 Å². The van der Waals surface area contributed by atoms with Gasteiger partial charge in [0, 0.05) is 25.6 Å². The maximum atomic E-state index is 12.8. The number of nitrogens with one attached hydrogen (secondary N) is 1. The zero-order valence-corrected chi connectivity index (χ0v) is 18.6. The molecule has 9 nitrogen and oxygen atoms in total. The molecule has 0 unspecified atom stereocenters. The van der Waals surface area contributed by atoms with Gasteiger partial charge in [0.15, 0.2) is 0 Å². The third-order valence-corrected chi connectivity index (χ3v) is 7.57. The number of carbonyl (C=O) groups excluding carboxylic acids is 2. The number of carboxylic acid groups (broad SMARTS) is 1. The molecule has 3 rings (SSSR count). The number of likely N-dealkylation sites (tertiary alicyclic amines) is 2. The second-order valence-corrected chi connectivity index (χ2v) is 10.00. The van der Waals surface area contributed by atoms with E-state index >= 15 is 0 Å². The Bertz CT molecular complexity index is 938. The van der Waals surface area contributed by atoms with Crippen molar-refractivity contribution in [2.75, 3.05) is 19.6 Å². The minimum atomic E-state index is -3.82. The maximum Gasteiger partial charge on any atom is 0.326 e. The lowest BCUT2D eigenvalue weighted by molar-refractivity contribution is -0.151. The number of carboxylic acids is 1. The van der Waals surface area contributed by atoms with E-state index in [1.807, 2.05) is 6.92 Å². The van der Waals surface area contributed by atoms with E-state index in [2.05, 4.69) is 4.72 Å². The summed E-state index contributed by atoms with van der Waals surface area (Å²) >= 11 is 0. The summed E-state index contributed by atoms with van der Waals surface area (Å²) in [5.74, 6) is -1.80. The van der Waals surface area contributed by atoms with Crippen molar-refractivity contribution >= 4 is 27.8 Å². The van der Waals surface area contributed by atoms with Gasteiger partial charge in [-0.3, -0.25) is 9.59 Å². The highest BCUT2D eigenvalue weighted by atomic mass is 32.2. The summed E-state index contributed by atoms with van der Waals surface area (Å²) in [4.78, 5) is 40.0. The molecule has 31 heavy (non-hydrogen) atoms. The van der Waals surface area contributed by atoms with Crippen LogP contribution in [0.25, 0.3) is 0 Å². The molecule has 2 N–H and O–H groups in total. The summed E-state index contributed by atoms with van der Waals surface area (Å²) in [7, 11) is -3.82. The van der Waals surface area contributed by atoms with Gasteiger partial charge in [-0.15, -0.1) is 0 Å². The van der Waals surface area contributed by atoms with Gasteiger partial charge in [0.2, 0.25) is 21.8 Å². The molecule has 2 fully saturated rings. The maximum absolute atomic E-state index is 12.8. The van der Waals surface area contributed by atoms with Crippen LogP contribution in [0.2, 0.25) is 0 Å². The molecule has 0 spiro atoms. The summed E-state index contributed by atoms with van der Waals surface area (Å²) in [6.45, 7) is 4.48. The predicted octanol–water partition coefficient (Wildman–Crippen LogP) is 0.976. The monoisotopic (exact) mass is 451 g/mol. The zero-order valence-electron chi connectivity index (χ0n) is 17.8. The molecule has 0 bridgehead atoms. The molecular weight excluding hydrogens is 422 g/mol. The van der Waals surface area contributed by atoms with Gasteiger partial charge in [-0.1, -0.05) is 17.7 Å². The fraction of sp³-hybridized carbons (Fsp3) is 0.571. The lowest BCUT2D eigenvalue weighted by Crippen LogP contribution is -2.51. The molecule has 2 aliphatic heterocycles. The van der Waals surface area contributed by atoms with Crippen LogP contribution in [0, 0.1) is 12.8 Å². The zero-order chi connectivity index (χ0) is 22.8. The van der Waals surface area contributed by atoms with E-state index in [9.17, 15) is 27.9 Å². The van der Waals surface area contributed by atoms with E-state index in [1.165, 1.54) is 24.0 Å². The smallest absolute Gasteiger partial charge is 0.326 e. The molecule has 1 aromatic carbocycles. The van der Waals surface area contributed by atoms with Crippen molar-refractivity contribution in [1.29, 1.82) is 0 Å². The molecule has 2 saturated heterocycles. The van der Waals surface area contributed by atoms with Gasteiger partial charge in [0.25, 0.3) is 0 Å². The van der Waals surface area contributed by atoms with Crippen molar-refractivity contribution < 1.29 is 27.9 Å². The molecule has 0 aliphatic carbocycles. The van der Waals surface area contributed by atoms with Gasteiger partial charge in [0.1, 0.15) is 6.04 Å². The Hall–Kier alpha value is -2.46. The quantitative estimate of drug-likeness (QED) is 0.664. The van der Waals surface area contributed by atoms with E-state index in [-0.39, 0.29) is 22.6 Å². The van der Waals surface area contributed by atoms with Crippen LogP contribution in [0.3, 0.4) is 0 Å². The Kier molecular flexibility index (Phi) is 7.00. The summed E-state index contributed by atoms with van der Waals surface area (Å²) < 4.78 is 27.5. The number of carbonyl (C=O) groups is 3. The number of piperidine rings is 1. The number of hydrogen-bond acceptors (Lipinski definition) is 5. The van der Waals surface area contributed by atoms with Crippen LogP contribution >= 0.6 is 0 Å². The Morgan fingerprint density at radius 3 is 2.26 bits per heavy atom. The van der Waals surface area contributed by atoms with E-state index in [4.69, 9.17) is 0 Å². The van der Waals surface area contributed by atoms with Gasteiger partial charge >= 0.3 is 5.97 Å². The van der Waals surface area contributed by atoms with Gasteiger partial charge in [-0.2, -0.15) is 4.72 Å². The highest BCUT2D eigenvalue weighted by Crippen LogP contribution is 2.26. The molecule has 2 amide bonds.